The molecule has 3 heteroatoms. The van der Waals surface area contributed by atoms with E-state index >= 15 is 0 Å². The lowest BCUT2D eigenvalue weighted by atomic mass is 10.1. The molecule has 2 N–H and O–H groups in total. The molecule has 0 unspecified atom stereocenters. The van der Waals surface area contributed by atoms with Gasteiger partial charge in [-0.05, 0) is 17.5 Å². The standard InChI is InChI=1S/C13H14N2O/c1-2-7-16-13-12-6-4-3-5-10(12)8-11(9-14)15-13/h2-6,8H,1,7,9,14H2. The highest BCUT2D eigenvalue weighted by Crippen LogP contribution is 2.24. The maximum absolute atomic E-state index is 5.60. The Kier molecular flexibility index (Phi) is 3.17. The van der Waals surface area contributed by atoms with Crippen LogP contribution in [0.25, 0.3) is 10.8 Å². The van der Waals surface area contributed by atoms with E-state index in [1.807, 2.05) is 30.3 Å². The van der Waals surface area contributed by atoms with Gasteiger partial charge in [0.2, 0.25) is 5.88 Å². The minimum atomic E-state index is 0.412. The van der Waals surface area contributed by atoms with Crippen molar-refractivity contribution in [2.24, 2.45) is 5.73 Å². The number of hydrogen-bond acceptors (Lipinski definition) is 3. The first-order valence-corrected chi connectivity index (χ1v) is 5.17. The molecule has 0 saturated heterocycles. The van der Waals surface area contributed by atoms with E-state index in [0.29, 0.717) is 19.0 Å². The van der Waals surface area contributed by atoms with Gasteiger partial charge in [0.1, 0.15) is 6.61 Å². The zero-order valence-electron chi connectivity index (χ0n) is 9.02. The van der Waals surface area contributed by atoms with Crippen molar-refractivity contribution in [1.29, 1.82) is 0 Å². The van der Waals surface area contributed by atoms with Gasteiger partial charge >= 0.3 is 0 Å². The van der Waals surface area contributed by atoms with E-state index < -0.39 is 0 Å². The molecule has 2 rings (SSSR count). The van der Waals surface area contributed by atoms with Crippen LogP contribution in [0.4, 0.5) is 0 Å². The van der Waals surface area contributed by atoms with Crippen LogP contribution in [0.3, 0.4) is 0 Å². The fourth-order valence-electron chi connectivity index (χ4n) is 1.57. The summed E-state index contributed by atoms with van der Waals surface area (Å²) in [6.45, 7) is 4.48. The van der Waals surface area contributed by atoms with Crippen LogP contribution in [0.15, 0.2) is 43.0 Å². The molecule has 0 aliphatic heterocycles. The second-order valence-electron chi connectivity index (χ2n) is 3.44. The number of pyridine rings is 1. The van der Waals surface area contributed by atoms with Crippen molar-refractivity contribution in [1.82, 2.24) is 4.98 Å². The van der Waals surface area contributed by atoms with Gasteiger partial charge in [0.05, 0.1) is 5.69 Å². The summed E-state index contributed by atoms with van der Waals surface area (Å²) in [5.41, 5.74) is 6.43. The molecular weight excluding hydrogens is 200 g/mol. The van der Waals surface area contributed by atoms with Crippen LogP contribution in [0.2, 0.25) is 0 Å². The fourth-order valence-corrected chi connectivity index (χ4v) is 1.57. The van der Waals surface area contributed by atoms with Crippen LogP contribution in [0.5, 0.6) is 5.88 Å². The quantitative estimate of drug-likeness (QED) is 0.794. The summed E-state index contributed by atoms with van der Waals surface area (Å²) in [6, 6.07) is 9.95. The third-order valence-electron chi connectivity index (χ3n) is 2.31. The first-order chi connectivity index (χ1) is 7.85. The average Bonchev–Trinajstić information content (AvgIpc) is 2.35. The lowest BCUT2D eigenvalue weighted by Gasteiger charge is -2.08. The van der Waals surface area contributed by atoms with Crippen LogP contribution >= 0.6 is 0 Å². The molecule has 2 aromatic rings. The molecule has 0 bridgehead atoms. The van der Waals surface area contributed by atoms with Crippen molar-refractivity contribution >= 4 is 10.8 Å². The van der Waals surface area contributed by atoms with E-state index in [-0.39, 0.29) is 0 Å². The maximum atomic E-state index is 5.60. The number of fused-ring (bicyclic) bond motifs is 1. The predicted molar refractivity (Wildman–Crippen MR) is 65.3 cm³/mol. The van der Waals surface area contributed by atoms with E-state index in [1.165, 1.54) is 0 Å². The van der Waals surface area contributed by atoms with Gasteiger partial charge in [-0.15, -0.1) is 0 Å². The Morgan fingerprint density at radius 1 is 1.38 bits per heavy atom. The van der Waals surface area contributed by atoms with E-state index in [4.69, 9.17) is 10.5 Å². The highest BCUT2D eigenvalue weighted by Gasteiger charge is 2.05. The third kappa shape index (κ3) is 2.04. The van der Waals surface area contributed by atoms with Crippen molar-refractivity contribution in [3.63, 3.8) is 0 Å². The normalized spacial score (nSPS) is 10.3. The molecule has 3 nitrogen and oxygen atoms in total. The van der Waals surface area contributed by atoms with Crippen molar-refractivity contribution in [2.45, 2.75) is 6.54 Å². The average molecular weight is 214 g/mol. The Hall–Kier alpha value is -1.87. The molecule has 0 spiro atoms. The first-order valence-electron chi connectivity index (χ1n) is 5.17. The molecule has 0 aliphatic carbocycles. The number of nitrogens with two attached hydrogens (primary N) is 1. The summed E-state index contributed by atoms with van der Waals surface area (Å²) in [5.74, 6) is 0.624. The number of hydrogen-bond donors (Lipinski definition) is 1. The van der Waals surface area contributed by atoms with Crippen LogP contribution in [-0.2, 0) is 6.54 Å². The van der Waals surface area contributed by atoms with Gasteiger partial charge in [-0.3, -0.25) is 0 Å². The van der Waals surface area contributed by atoms with Crippen molar-refractivity contribution < 1.29 is 4.74 Å². The second kappa shape index (κ2) is 4.77. The summed E-state index contributed by atoms with van der Waals surface area (Å²) in [5, 5.41) is 2.10. The highest BCUT2D eigenvalue weighted by atomic mass is 16.5. The van der Waals surface area contributed by atoms with Gasteiger partial charge in [-0.2, -0.15) is 0 Å². The topological polar surface area (TPSA) is 48.1 Å². The zero-order chi connectivity index (χ0) is 11.4. The molecule has 16 heavy (non-hydrogen) atoms. The van der Waals surface area contributed by atoms with Gasteiger partial charge in [0, 0.05) is 11.9 Å². The Labute approximate surface area is 94.6 Å². The molecule has 0 atom stereocenters. The lowest BCUT2D eigenvalue weighted by molar-refractivity contribution is 0.352. The molecule has 0 radical (unpaired) electrons. The van der Waals surface area contributed by atoms with Gasteiger partial charge in [0.25, 0.3) is 0 Å². The van der Waals surface area contributed by atoms with Crippen LogP contribution < -0.4 is 10.5 Å². The summed E-state index contributed by atoms with van der Waals surface area (Å²) in [4.78, 5) is 4.36. The fraction of sp³-hybridized carbons (Fsp3) is 0.154. The number of rotatable bonds is 4. The number of aromatic nitrogens is 1. The van der Waals surface area contributed by atoms with Gasteiger partial charge in [-0.1, -0.05) is 30.9 Å². The molecule has 82 valence electrons. The van der Waals surface area contributed by atoms with Crippen molar-refractivity contribution in [3.05, 3.63) is 48.7 Å². The number of ether oxygens (including phenoxy) is 1. The summed E-state index contributed by atoms with van der Waals surface area (Å²) in [6.07, 6.45) is 1.70. The second-order valence-corrected chi connectivity index (χ2v) is 3.44. The largest absolute Gasteiger partial charge is 0.473 e. The Bertz CT molecular complexity index is 508. The minimum Gasteiger partial charge on any atom is -0.473 e. The van der Waals surface area contributed by atoms with Gasteiger partial charge in [0.15, 0.2) is 0 Å². The predicted octanol–water partition coefficient (Wildman–Crippen LogP) is 2.26. The minimum absolute atomic E-state index is 0.412. The van der Waals surface area contributed by atoms with Crippen molar-refractivity contribution in [2.75, 3.05) is 6.61 Å². The summed E-state index contributed by atoms with van der Waals surface area (Å²) in [7, 11) is 0. The Morgan fingerprint density at radius 3 is 2.94 bits per heavy atom. The summed E-state index contributed by atoms with van der Waals surface area (Å²) < 4.78 is 5.53. The molecule has 1 aromatic carbocycles. The van der Waals surface area contributed by atoms with E-state index in [1.54, 1.807) is 6.08 Å². The van der Waals surface area contributed by atoms with E-state index in [2.05, 4.69) is 11.6 Å². The molecule has 0 saturated carbocycles. The van der Waals surface area contributed by atoms with Crippen LogP contribution in [0, 0.1) is 0 Å². The van der Waals surface area contributed by atoms with Gasteiger partial charge < -0.3 is 10.5 Å². The van der Waals surface area contributed by atoms with E-state index in [0.717, 1.165) is 16.5 Å². The van der Waals surface area contributed by atoms with Crippen molar-refractivity contribution in [3.8, 4) is 5.88 Å². The Morgan fingerprint density at radius 2 is 2.19 bits per heavy atom. The monoisotopic (exact) mass is 214 g/mol. The molecule has 1 aromatic heterocycles. The number of nitrogens with zero attached hydrogens (tertiary/aromatic N) is 1. The van der Waals surface area contributed by atoms with E-state index in [9.17, 15) is 0 Å². The van der Waals surface area contributed by atoms with Gasteiger partial charge in [-0.25, -0.2) is 4.98 Å². The smallest absolute Gasteiger partial charge is 0.221 e. The van der Waals surface area contributed by atoms with Crippen LogP contribution in [0.1, 0.15) is 5.69 Å². The van der Waals surface area contributed by atoms with Crippen LogP contribution in [-0.4, -0.2) is 11.6 Å². The maximum Gasteiger partial charge on any atom is 0.221 e. The lowest BCUT2D eigenvalue weighted by Crippen LogP contribution is -2.03. The zero-order valence-corrected chi connectivity index (χ0v) is 9.02. The third-order valence-corrected chi connectivity index (χ3v) is 2.31. The Balaban J connectivity index is 2.54. The number of benzene rings is 1. The highest BCUT2D eigenvalue weighted by molar-refractivity contribution is 5.87. The SMILES string of the molecule is C=CCOc1nc(CN)cc2ccccc12. The molecule has 0 amide bonds. The first kappa shape index (κ1) is 10.6. The summed E-state index contributed by atoms with van der Waals surface area (Å²) >= 11 is 0. The molecule has 1 heterocycles. The molecular formula is C13H14N2O. The molecule has 0 aliphatic rings. The molecule has 0 fully saturated rings.